The molecule has 0 radical (unpaired) electrons. The number of pyridine rings is 1. The Morgan fingerprint density at radius 2 is 2.29 bits per heavy atom. The Hall–Kier alpha value is -1.16. The molecular formula is C10H13N3S. The number of aromatic nitrogens is 1. The van der Waals surface area contributed by atoms with E-state index >= 15 is 0 Å². The molecule has 0 bridgehead atoms. The highest BCUT2D eigenvalue weighted by atomic mass is 32.1. The van der Waals surface area contributed by atoms with Gasteiger partial charge in [0, 0.05) is 11.7 Å². The predicted molar refractivity (Wildman–Crippen MR) is 61.4 cm³/mol. The largest absolute Gasteiger partial charge is 0.360 e. The number of nitrogens with zero attached hydrogens (tertiary/aromatic N) is 1. The van der Waals surface area contributed by atoms with Crippen molar-refractivity contribution in [3.05, 3.63) is 24.0 Å². The van der Waals surface area contributed by atoms with E-state index in [0.29, 0.717) is 11.2 Å². The van der Waals surface area contributed by atoms with Crippen LogP contribution in [-0.2, 0) is 0 Å². The van der Waals surface area contributed by atoms with E-state index in [-0.39, 0.29) is 0 Å². The molecule has 2 N–H and O–H groups in total. The van der Waals surface area contributed by atoms with Gasteiger partial charge in [-0.1, -0.05) is 0 Å². The molecule has 14 heavy (non-hydrogen) atoms. The lowest BCUT2D eigenvalue weighted by molar-refractivity contribution is 0.919. The van der Waals surface area contributed by atoms with Gasteiger partial charge in [-0.05, 0) is 44.1 Å². The standard InChI is InChI=1S/C10H13N3S/c1-7-2-3-9(6-11-7)13-10(14)12-8-4-5-8/h2-3,6,8H,4-5H2,1H3,(H2,12,13,14). The molecule has 0 saturated heterocycles. The fraction of sp³-hybridized carbons (Fsp3) is 0.400. The van der Waals surface area contributed by atoms with Gasteiger partial charge in [0.1, 0.15) is 0 Å². The topological polar surface area (TPSA) is 37.0 Å². The molecule has 0 unspecified atom stereocenters. The molecule has 74 valence electrons. The van der Waals surface area contributed by atoms with Crippen LogP contribution >= 0.6 is 12.2 Å². The van der Waals surface area contributed by atoms with Crippen molar-refractivity contribution in [2.24, 2.45) is 0 Å². The number of hydrogen-bond acceptors (Lipinski definition) is 2. The summed E-state index contributed by atoms with van der Waals surface area (Å²) in [5, 5.41) is 7.00. The van der Waals surface area contributed by atoms with Crippen LogP contribution in [0.4, 0.5) is 5.69 Å². The number of hydrogen-bond donors (Lipinski definition) is 2. The van der Waals surface area contributed by atoms with Crippen LogP contribution in [0, 0.1) is 6.92 Å². The summed E-state index contributed by atoms with van der Waals surface area (Å²) in [7, 11) is 0. The molecule has 1 saturated carbocycles. The van der Waals surface area contributed by atoms with Crippen molar-refractivity contribution >= 4 is 23.0 Å². The molecule has 1 aromatic rings. The number of thiocarbonyl (C=S) groups is 1. The number of aryl methyl sites for hydroxylation is 1. The van der Waals surface area contributed by atoms with E-state index in [1.54, 1.807) is 6.20 Å². The molecule has 0 amide bonds. The van der Waals surface area contributed by atoms with E-state index in [1.165, 1.54) is 12.8 Å². The monoisotopic (exact) mass is 207 g/mol. The molecule has 0 spiro atoms. The third kappa shape index (κ3) is 2.67. The van der Waals surface area contributed by atoms with Gasteiger partial charge in [-0.2, -0.15) is 0 Å². The summed E-state index contributed by atoms with van der Waals surface area (Å²) in [5.41, 5.74) is 1.95. The summed E-state index contributed by atoms with van der Waals surface area (Å²) in [6, 6.07) is 4.53. The predicted octanol–water partition coefficient (Wildman–Crippen LogP) is 1.84. The van der Waals surface area contributed by atoms with E-state index in [2.05, 4.69) is 15.6 Å². The van der Waals surface area contributed by atoms with E-state index in [9.17, 15) is 0 Å². The molecule has 3 nitrogen and oxygen atoms in total. The van der Waals surface area contributed by atoms with Gasteiger partial charge < -0.3 is 10.6 Å². The quantitative estimate of drug-likeness (QED) is 0.726. The van der Waals surface area contributed by atoms with Crippen LogP contribution in [0.5, 0.6) is 0 Å². The number of rotatable bonds is 2. The van der Waals surface area contributed by atoms with Gasteiger partial charge in [0.25, 0.3) is 0 Å². The van der Waals surface area contributed by atoms with Crippen LogP contribution in [0.25, 0.3) is 0 Å². The summed E-state index contributed by atoms with van der Waals surface area (Å²) in [6.45, 7) is 1.96. The van der Waals surface area contributed by atoms with Crippen LogP contribution in [0.15, 0.2) is 18.3 Å². The second-order valence-electron chi connectivity index (χ2n) is 3.56. The molecule has 0 aromatic carbocycles. The lowest BCUT2D eigenvalue weighted by atomic mass is 10.3. The van der Waals surface area contributed by atoms with Crippen molar-refractivity contribution in [3.8, 4) is 0 Å². The summed E-state index contributed by atoms with van der Waals surface area (Å²) in [4.78, 5) is 4.18. The van der Waals surface area contributed by atoms with Gasteiger partial charge in [-0.3, -0.25) is 4.98 Å². The first-order valence-electron chi connectivity index (χ1n) is 4.74. The molecule has 1 aliphatic rings. The third-order valence-corrected chi connectivity index (χ3v) is 2.30. The molecule has 0 atom stereocenters. The minimum atomic E-state index is 0.591. The van der Waals surface area contributed by atoms with Gasteiger partial charge >= 0.3 is 0 Å². The Morgan fingerprint density at radius 3 is 2.86 bits per heavy atom. The first-order valence-corrected chi connectivity index (χ1v) is 5.15. The Balaban J connectivity index is 1.89. The Labute approximate surface area is 88.9 Å². The molecular weight excluding hydrogens is 194 g/mol. The molecule has 2 rings (SSSR count). The van der Waals surface area contributed by atoms with E-state index < -0.39 is 0 Å². The first kappa shape index (κ1) is 9.40. The van der Waals surface area contributed by atoms with Crippen molar-refractivity contribution in [2.75, 3.05) is 5.32 Å². The molecule has 1 fully saturated rings. The van der Waals surface area contributed by atoms with Crippen LogP contribution in [0.1, 0.15) is 18.5 Å². The van der Waals surface area contributed by atoms with Crippen LogP contribution < -0.4 is 10.6 Å². The van der Waals surface area contributed by atoms with Crippen LogP contribution in [0.3, 0.4) is 0 Å². The van der Waals surface area contributed by atoms with Crippen molar-refractivity contribution in [3.63, 3.8) is 0 Å². The van der Waals surface area contributed by atoms with Crippen molar-refractivity contribution in [2.45, 2.75) is 25.8 Å². The average Bonchev–Trinajstić information content (AvgIpc) is 2.93. The van der Waals surface area contributed by atoms with Crippen LogP contribution in [0.2, 0.25) is 0 Å². The number of nitrogens with one attached hydrogen (secondary N) is 2. The highest BCUT2D eigenvalue weighted by Crippen LogP contribution is 2.18. The maximum Gasteiger partial charge on any atom is 0.171 e. The van der Waals surface area contributed by atoms with Gasteiger partial charge in [0.15, 0.2) is 5.11 Å². The highest BCUT2D eigenvalue weighted by molar-refractivity contribution is 7.80. The van der Waals surface area contributed by atoms with Gasteiger partial charge in [0.05, 0.1) is 11.9 Å². The molecule has 0 aliphatic heterocycles. The second kappa shape index (κ2) is 3.92. The maximum atomic E-state index is 5.14. The SMILES string of the molecule is Cc1ccc(NC(=S)NC2CC2)cn1. The summed E-state index contributed by atoms with van der Waals surface area (Å²) >= 11 is 5.14. The smallest absolute Gasteiger partial charge is 0.171 e. The number of anilines is 1. The van der Waals surface area contributed by atoms with Gasteiger partial charge in [0.2, 0.25) is 0 Å². The zero-order valence-corrected chi connectivity index (χ0v) is 8.90. The Morgan fingerprint density at radius 1 is 1.50 bits per heavy atom. The molecule has 1 heterocycles. The second-order valence-corrected chi connectivity index (χ2v) is 3.97. The first-order chi connectivity index (χ1) is 6.74. The lowest BCUT2D eigenvalue weighted by Gasteiger charge is -2.08. The minimum absolute atomic E-state index is 0.591. The van der Waals surface area contributed by atoms with E-state index in [4.69, 9.17) is 12.2 Å². The van der Waals surface area contributed by atoms with E-state index in [1.807, 2.05) is 19.1 Å². The summed E-state index contributed by atoms with van der Waals surface area (Å²) in [5.74, 6) is 0. The summed E-state index contributed by atoms with van der Waals surface area (Å²) < 4.78 is 0. The van der Waals surface area contributed by atoms with E-state index in [0.717, 1.165) is 11.4 Å². The lowest BCUT2D eigenvalue weighted by Crippen LogP contribution is -2.30. The van der Waals surface area contributed by atoms with Crippen molar-refractivity contribution < 1.29 is 0 Å². The molecule has 1 aliphatic carbocycles. The van der Waals surface area contributed by atoms with Crippen molar-refractivity contribution in [1.82, 2.24) is 10.3 Å². The minimum Gasteiger partial charge on any atom is -0.360 e. The van der Waals surface area contributed by atoms with Gasteiger partial charge in [-0.15, -0.1) is 0 Å². The van der Waals surface area contributed by atoms with Gasteiger partial charge in [-0.25, -0.2) is 0 Å². The maximum absolute atomic E-state index is 5.14. The zero-order valence-electron chi connectivity index (χ0n) is 8.08. The fourth-order valence-electron chi connectivity index (χ4n) is 1.12. The van der Waals surface area contributed by atoms with Crippen LogP contribution in [-0.4, -0.2) is 16.1 Å². The summed E-state index contributed by atoms with van der Waals surface area (Å²) in [6.07, 6.45) is 4.25. The molecule has 4 heteroatoms. The average molecular weight is 207 g/mol. The highest BCUT2D eigenvalue weighted by Gasteiger charge is 2.21. The Bertz CT molecular complexity index is 330. The Kier molecular flexibility index (Phi) is 2.63. The molecule has 1 aromatic heterocycles. The normalized spacial score (nSPS) is 14.9. The van der Waals surface area contributed by atoms with Crippen molar-refractivity contribution in [1.29, 1.82) is 0 Å². The third-order valence-electron chi connectivity index (χ3n) is 2.08. The fourth-order valence-corrected chi connectivity index (χ4v) is 1.41. The zero-order chi connectivity index (χ0) is 9.97.